The van der Waals surface area contributed by atoms with Crippen molar-refractivity contribution in [3.63, 3.8) is 0 Å². The number of anilines is 1. The van der Waals surface area contributed by atoms with E-state index in [1.807, 2.05) is 12.1 Å². The first-order valence-electron chi connectivity index (χ1n) is 6.86. The van der Waals surface area contributed by atoms with E-state index in [9.17, 15) is 5.11 Å². The Morgan fingerprint density at radius 1 is 1.05 bits per heavy atom. The minimum atomic E-state index is 0.359. The molecule has 1 N–H and O–H groups in total. The quantitative estimate of drug-likeness (QED) is 0.877. The number of nitrogens with zero attached hydrogens (tertiary/aromatic N) is 1. The van der Waals surface area contributed by atoms with Crippen molar-refractivity contribution in [2.75, 3.05) is 11.9 Å². The molecule has 0 amide bonds. The fraction of sp³-hybridized carbons (Fsp3) is 0.294. The molecule has 2 aromatic carbocycles. The Morgan fingerprint density at radius 2 is 1.84 bits per heavy atom. The SMILES string of the molecule is CN(c1ccccc1)C1CCCc2c(O)cccc21. The third kappa shape index (κ3) is 2.19. The minimum Gasteiger partial charge on any atom is -0.508 e. The molecule has 1 unspecified atom stereocenters. The van der Waals surface area contributed by atoms with Crippen molar-refractivity contribution in [2.45, 2.75) is 25.3 Å². The van der Waals surface area contributed by atoms with Gasteiger partial charge in [0.2, 0.25) is 0 Å². The van der Waals surface area contributed by atoms with E-state index in [1.165, 1.54) is 11.3 Å². The van der Waals surface area contributed by atoms with Crippen LogP contribution in [-0.4, -0.2) is 12.2 Å². The summed E-state index contributed by atoms with van der Waals surface area (Å²) in [6.45, 7) is 0. The van der Waals surface area contributed by atoms with Gasteiger partial charge < -0.3 is 10.0 Å². The van der Waals surface area contributed by atoms with Crippen molar-refractivity contribution in [3.05, 3.63) is 59.7 Å². The van der Waals surface area contributed by atoms with Crippen molar-refractivity contribution in [2.24, 2.45) is 0 Å². The molecule has 0 spiro atoms. The standard InChI is InChI=1S/C17H19NO/c1-18(13-7-3-2-4-8-13)16-11-5-10-15-14(16)9-6-12-17(15)19/h2-4,6-9,12,16,19H,5,10-11H2,1H3. The molecule has 0 aromatic heterocycles. The van der Waals surface area contributed by atoms with Crippen LogP contribution in [0.1, 0.15) is 30.0 Å². The summed E-state index contributed by atoms with van der Waals surface area (Å²) in [5.74, 6) is 0.448. The number of aromatic hydroxyl groups is 1. The lowest BCUT2D eigenvalue weighted by Gasteiger charge is -2.35. The van der Waals surface area contributed by atoms with Gasteiger partial charge in [-0.1, -0.05) is 30.3 Å². The highest BCUT2D eigenvalue weighted by Gasteiger charge is 2.25. The number of benzene rings is 2. The molecular weight excluding hydrogens is 234 g/mol. The van der Waals surface area contributed by atoms with Gasteiger partial charge in [0.25, 0.3) is 0 Å². The zero-order chi connectivity index (χ0) is 13.2. The third-order valence-corrected chi connectivity index (χ3v) is 4.08. The normalized spacial score (nSPS) is 17.8. The lowest BCUT2D eigenvalue weighted by molar-refractivity contribution is 0.453. The van der Waals surface area contributed by atoms with Crippen molar-refractivity contribution < 1.29 is 5.11 Å². The van der Waals surface area contributed by atoms with E-state index in [-0.39, 0.29) is 0 Å². The highest BCUT2D eigenvalue weighted by Crippen LogP contribution is 2.39. The van der Waals surface area contributed by atoms with E-state index in [0.29, 0.717) is 11.8 Å². The second-order valence-electron chi connectivity index (χ2n) is 5.20. The highest BCUT2D eigenvalue weighted by atomic mass is 16.3. The van der Waals surface area contributed by atoms with Crippen LogP contribution in [0.15, 0.2) is 48.5 Å². The van der Waals surface area contributed by atoms with Gasteiger partial charge in [-0.3, -0.25) is 0 Å². The molecule has 0 bridgehead atoms. The zero-order valence-electron chi connectivity index (χ0n) is 11.2. The van der Waals surface area contributed by atoms with Crippen LogP contribution in [0.4, 0.5) is 5.69 Å². The Morgan fingerprint density at radius 3 is 2.63 bits per heavy atom. The molecule has 0 fully saturated rings. The van der Waals surface area contributed by atoms with E-state index in [0.717, 1.165) is 24.8 Å². The predicted molar refractivity (Wildman–Crippen MR) is 78.6 cm³/mol. The van der Waals surface area contributed by atoms with Gasteiger partial charge in [0, 0.05) is 12.7 Å². The molecule has 1 aliphatic carbocycles. The number of rotatable bonds is 2. The smallest absolute Gasteiger partial charge is 0.119 e. The molecule has 0 aliphatic heterocycles. The molecule has 19 heavy (non-hydrogen) atoms. The second-order valence-corrected chi connectivity index (χ2v) is 5.20. The van der Waals surface area contributed by atoms with Gasteiger partial charge in [0.15, 0.2) is 0 Å². The van der Waals surface area contributed by atoms with Crippen molar-refractivity contribution in [3.8, 4) is 5.75 Å². The third-order valence-electron chi connectivity index (χ3n) is 4.08. The largest absolute Gasteiger partial charge is 0.508 e. The Bertz CT molecular complexity index is 565. The van der Waals surface area contributed by atoms with Crippen LogP contribution in [0.5, 0.6) is 5.75 Å². The Kier molecular flexibility index (Phi) is 3.16. The van der Waals surface area contributed by atoms with Gasteiger partial charge in [-0.15, -0.1) is 0 Å². The first-order valence-corrected chi connectivity index (χ1v) is 6.86. The summed E-state index contributed by atoms with van der Waals surface area (Å²) in [6, 6.07) is 16.7. The lowest BCUT2D eigenvalue weighted by atomic mass is 9.86. The lowest BCUT2D eigenvalue weighted by Crippen LogP contribution is -2.27. The summed E-state index contributed by atoms with van der Waals surface area (Å²) in [5, 5.41) is 10.0. The van der Waals surface area contributed by atoms with E-state index in [4.69, 9.17) is 0 Å². The van der Waals surface area contributed by atoms with E-state index < -0.39 is 0 Å². The topological polar surface area (TPSA) is 23.5 Å². The highest BCUT2D eigenvalue weighted by molar-refractivity contribution is 5.51. The minimum absolute atomic E-state index is 0.359. The molecule has 98 valence electrons. The molecule has 0 heterocycles. The van der Waals surface area contributed by atoms with Gasteiger partial charge in [0.1, 0.15) is 5.75 Å². The fourth-order valence-electron chi connectivity index (χ4n) is 3.05. The van der Waals surface area contributed by atoms with Crippen molar-refractivity contribution in [1.29, 1.82) is 0 Å². The molecular formula is C17H19NO. The summed E-state index contributed by atoms with van der Waals surface area (Å²) in [6.07, 6.45) is 3.26. The molecule has 1 atom stereocenters. The summed E-state index contributed by atoms with van der Waals surface area (Å²) < 4.78 is 0. The van der Waals surface area contributed by atoms with Gasteiger partial charge in [-0.2, -0.15) is 0 Å². The van der Waals surface area contributed by atoms with Gasteiger partial charge in [-0.25, -0.2) is 0 Å². The van der Waals surface area contributed by atoms with E-state index >= 15 is 0 Å². The summed E-state index contributed by atoms with van der Waals surface area (Å²) in [7, 11) is 2.14. The zero-order valence-corrected chi connectivity index (χ0v) is 11.2. The second kappa shape index (κ2) is 4.96. The Balaban J connectivity index is 1.98. The van der Waals surface area contributed by atoms with Crippen LogP contribution < -0.4 is 4.90 Å². The van der Waals surface area contributed by atoms with Crippen LogP contribution in [-0.2, 0) is 6.42 Å². The average molecular weight is 253 g/mol. The number of phenols is 1. The molecule has 3 rings (SSSR count). The maximum absolute atomic E-state index is 10.0. The number of fused-ring (bicyclic) bond motifs is 1. The summed E-state index contributed by atoms with van der Waals surface area (Å²) in [4.78, 5) is 2.32. The maximum Gasteiger partial charge on any atom is 0.119 e. The maximum atomic E-state index is 10.0. The number of hydrogen-bond acceptors (Lipinski definition) is 2. The van der Waals surface area contributed by atoms with Crippen LogP contribution in [0.25, 0.3) is 0 Å². The van der Waals surface area contributed by atoms with E-state index in [2.05, 4.69) is 42.3 Å². The molecule has 0 radical (unpaired) electrons. The van der Waals surface area contributed by atoms with Crippen molar-refractivity contribution >= 4 is 5.69 Å². The molecule has 2 nitrogen and oxygen atoms in total. The van der Waals surface area contributed by atoms with Gasteiger partial charge in [-0.05, 0) is 48.6 Å². The Hall–Kier alpha value is -1.96. The molecule has 2 aromatic rings. The first kappa shape index (κ1) is 12.1. The number of para-hydroxylation sites is 1. The molecule has 0 saturated heterocycles. The monoisotopic (exact) mass is 253 g/mol. The van der Waals surface area contributed by atoms with Crippen LogP contribution >= 0.6 is 0 Å². The van der Waals surface area contributed by atoms with Crippen LogP contribution in [0.2, 0.25) is 0 Å². The number of hydrogen-bond donors (Lipinski definition) is 1. The predicted octanol–water partition coefficient (Wildman–Crippen LogP) is 3.91. The Labute approximate surface area is 114 Å². The van der Waals surface area contributed by atoms with Crippen LogP contribution in [0, 0.1) is 0 Å². The molecule has 0 saturated carbocycles. The van der Waals surface area contributed by atoms with Crippen molar-refractivity contribution in [1.82, 2.24) is 0 Å². The average Bonchev–Trinajstić information content (AvgIpc) is 2.47. The molecule has 1 aliphatic rings. The summed E-state index contributed by atoms with van der Waals surface area (Å²) in [5.41, 5.74) is 3.63. The van der Waals surface area contributed by atoms with E-state index in [1.54, 1.807) is 6.07 Å². The summed E-state index contributed by atoms with van der Waals surface area (Å²) >= 11 is 0. The first-order chi connectivity index (χ1) is 9.27. The van der Waals surface area contributed by atoms with Gasteiger partial charge >= 0.3 is 0 Å². The van der Waals surface area contributed by atoms with Crippen LogP contribution in [0.3, 0.4) is 0 Å². The fourth-order valence-corrected chi connectivity index (χ4v) is 3.05. The number of phenolic OH excluding ortho intramolecular Hbond substituents is 1. The van der Waals surface area contributed by atoms with Gasteiger partial charge in [0.05, 0.1) is 6.04 Å². The molecule has 2 heteroatoms.